The van der Waals surface area contributed by atoms with Crippen LogP contribution in [-0.4, -0.2) is 49.2 Å². The van der Waals surface area contributed by atoms with Crippen molar-refractivity contribution in [3.8, 4) is 0 Å². The molecular weight excluding hydrogens is 188 g/mol. The maximum atomic E-state index is 10.6. The molecule has 5 heteroatoms. The summed E-state index contributed by atoms with van der Waals surface area (Å²) >= 11 is 0. The summed E-state index contributed by atoms with van der Waals surface area (Å²) in [6.07, 6.45) is 0. The van der Waals surface area contributed by atoms with Crippen LogP contribution in [0.3, 0.4) is 0 Å². The van der Waals surface area contributed by atoms with Crippen LogP contribution < -0.4 is 0 Å². The molecule has 2 N–H and O–H groups in total. The highest BCUT2D eigenvalue weighted by atomic mass is 16.5. The molecule has 14 heavy (non-hydrogen) atoms. The van der Waals surface area contributed by atoms with E-state index in [1.807, 2.05) is 6.92 Å². The van der Waals surface area contributed by atoms with Gasteiger partial charge in [-0.25, -0.2) is 0 Å². The van der Waals surface area contributed by atoms with E-state index in [-0.39, 0.29) is 26.4 Å². The smallest absolute Gasteiger partial charge is 0.302 e. The van der Waals surface area contributed by atoms with Gasteiger partial charge in [-0.05, 0) is 6.92 Å². The van der Waals surface area contributed by atoms with Crippen LogP contribution in [0.4, 0.5) is 0 Å². The first kappa shape index (κ1) is 13.4. The Morgan fingerprint density at radius 3 is 2.21 bits per heavy atom. The molecule has 84 valence electrons. The van der Waals surface area contributed by atoms with Gasteiger partial charge in [0.05, 0.1) is 25.2 Å². The predicted octanol–water partition coefficient (Wildman–Crippen LogP) is -0.443. The van der Waals surface area contributed by atoms with Crippen molar-refractivity contribution in [2.45, 2.75) is 13.8 Å². The second kappa shape index (κ2) is 6.75. The maximum Gasteiger partial charge on any atom is 0.302 e. The van der Waals surface area contributed by atoms with E-state index >= 15 is 0 Å². The van der Waals surface area contributed by atoms with Gasteiger partial charge >= 0.3 is 5.97 Å². The standard InChI is InChI=1S/C9H18O5/c1-3-13-6-9(4-10,5-11)7-14-8(2)12/h10-11H,3-7H2,1-2H3. The van der Waals surface area contributed by atoms with Crippen LogP contribution in [0.5, 0.6) is 0 Å². The molecule has 0 radical (unpaired) electrons. The van der Waals surface area contributed by atoms with Gasteiger partial charge in [-0.3, -0.25) is 4.79 Å². The highest BCUT2D eigenvalue weighted by Gasteiger charge is 2.30. The van der Waals surface area contributed by atoms with E-state index in [9.17, 15) is 4.79 Å². The summed E-state index contributed by atoms with van der Waals surface area (Å²) in [4.78, 5) is 10.6. The lowest BCUT2D eigenvalue weighted by Gasteiger charge is -2.28. The second-order valence-corrected chi connectivity index (χ2v) is 3.23. The molecule has 0 aromatic heterocycles. The predicted molar refractivity (Wildman–Crippen MR) is 49.7 cm³/mol. The van der Waals surface area contributed by atoms with Crippen LogP contribution in [0.25, 0.3) is 0 Å². The quantitative estimate of drug-likeness (QED) is 0.552. The van der Waals surface area contributed by atoms with E-state index in [4.69, 9.17) is 19.7 Å². The average molecular weight is 206 g/mol. The van der Waals surface area contributed by atoms with Gasteiger partial charge in [0.1, 0.15) is 6.61 Å². The fraction of sp³-hybridized carbons (Fsp3) is 0.889. The molecule has 0 spiro atoms. The SMILES string of the molecule is CCOCC(CO)(CO)COC(C)=O. The highest BCUT2D eigenvalue weighted by Crippen LogP contribution is 2.16. The minimum absolute atomic E-state index is 0.0324. The summed E-state index contributed by atoms with van der Waals surface area (Å²) in [6, 6.07) is 0. The molecule has 0 atom stereocenters. The van der Waals surface area contributed by atoms with Crippen LogP contribution in [0, 0.1) is 5.41 Å². The summed E-state index contributed by atoms with van der Waals surface area (Å²) in [5.41, 5.74) is -0.887. The molecular formula is C9H18O5. The van der Waals surface area contributed by atoms with Crippen molar-refractivity contribution < 1.29 is 24.5 Å². The monoisotopic (exact) mass is 206 g/mol. The average Bonchev–Trinajstić information content (AvgIpc) is 2.19. The van der Waals surface area contributed by atoms with Gasteiger partial charge in [0.15, 0.2) is 0 Å². The number of aliphatic hydroxyl groups is 2. The van der Waals surface area contributed by atoms with Crippen molar-refractivity contribution in [3.05, 3.63) is 0 Å². The molecule has 0 aromatic rings. The molecule has 0 unspecified atom stereocenters. The molecule has 0 bridgehead atoms. The number of carbonyl (C=O) groups is 1. The Bertz CT molecular complexity index is 165. The van der Waals surface area contributed by atoms with Crippen molar-refractivity contribution in [3.63, 3.8) is 0 Å². The van der Waals surface area contributed by atoms with E-state index in [2.05, 4.69) is 0 Å². The largest absolute Gasteiger partial charge is 0.465 e. The number of hydrogen-bond acceptors (Lipinski definition) is 5. The number of esters is 1. The Kier molecular flexibility index (Phi) is 6.44. The maximum absolute atomic E-state index is 10.6. The van der Waals surface area contributed by atoms with Crippen LogP contribution in [0.2, 0.25) is 0 Å². The molecule has 0 saturated carbocycles. The van der Waals surface area contributed by atoms with Gasteiger partial charge in [0.25, 0.3) is 0 Å². The fourth-order valence-corrected chi connectivity index (χ4v) is 0.848. The molecule has 0 aliphatic carbocycles. The Morgan fingerprint density at radius 1 is 1.29 bits per heavy atom. The first-order valence-corrected chi connectivity index (χ1v) is 4.53. The first-order chi connectivity index (χ1) is 6.60. The third-order valence-corrected chi connectivity index (χ3v) is 1.86. The zero-order chi connectivity index (χ0) is 11.0. The Morgan fingerprint density at radius 2 is 1.86 bits per heavy atom. The van der Waals surface area contributed by atoms with Gasteiger partial charge in [-0.2, -0.15) is 0 Å². The van der Waals surface area contributed by atoms with Gasteiger partial charge in [-0.15, -0.1) is 0 Å². The van der Waals surface area contributed by atoms with Crippen LogP contribution >= 0.6 is 0 Å². The van der Waals surface area contributed by atoms with Crippen molar-refractivity contribution in [1.82, 2.24) is 0 Å². The summed E-state index contributed by atoms with van der Waals surface area (Å²) in [7, 11) is 0. The van der Waals surface area contributed by atoms with Crippen LogP contribution in [-0.2, 0) is 14.3 Å². The Labute approximate surface area is 83.6 Å². The van der Waals surface area contributed by atoms with E-state index in [1.165, 1.54) is 6.92 Å². The van der Waals surface area contributed by atoms with E-state index in [0.29, 0.717) is 6.61 Å². The van der Waals surface area contributed by atoms with E-state index < -0.39 is 11.4 Å². The molecule has 5 nitrogen and oxygen atoms in total. The van der Waals surface area contributed by atoms with Crippen molar-refractivity contribution in [1.29, 1.82) is 0 Å². The Hall–Kier alpha value is -0.650. The summed E-state index contributed by atoms with van der Waals surface area (Å²) in [6.45, 7) is 3.15. The number of rotatable bonds is 7. The summed E-state index contributed by atoms with van der Waals surface area (Å²) < 4.78 is 9.85. The second-order valence-electron chi connectivity index (χ2n) is 3.23. The zero-order valence-corrected chi connectivity index (χ0v) is 8.65. The normalized spacial score (nSPS) is 11.4. The molecule has 0 aliphatic rings. The van der Waals surface area contributed by atoms with Gasteiger partial charge in [-0.1, -0.05) is 0 Å². The molecule has 0 amide bonds. The van der Waals surface area contributed by atoms with Crippen LogP contribution in [0.1, 0.15) is 13.8 Å². The molecule has 0 aromatic carbocycles. The first-order valence-electron chi connectivity index (χ1n) is 4.53. The minimum Gasteiger partial charge on any atom is -0.465 e. The lowest BCUT2D eigenvalue weighted by atomic mass is 9.92. The van der Waals surface area contributed by atoms with Crippen molar-refractivity contribution in [2.24, 2.45) is 5.41 Å². The topological polar surface area (TPSA) is 76.0 Å². The number of hydrogen-bond donors (Lipinski definition) is 2. The lowest BCUT2D eigenvalue weighted by molar-refractivity contribution is -0.149. The zero-order valence-electron chi connectivity index (χ0n) is 8.65. The summed E-state index contributed by atoms with van der Waals surface area (Å²) in [5.74, 6) is -0.437. The third kappa shape index (κ3) is 4.55. The van der Waals surface area contributed by atoms with Crippen molar-refractivity contribution >= 4 is 5.97 Å². The molecule has 0 fully saturated rings. The number of aliphatic hydroxyl groups excluding tert-OH is 2. The van der Waals surface area contributed by atoms with E-state index in [1.54, 1.807) is 0 Å². The third-order valence-electron chi connectivity index (χ3n) is 1.86. The van der Waals surface area contributed by atoms with E-state index in [0.717, 1.165) is 0 Å². The number of ether oxygens (including phenoxy) is 2. The molecule has 0 heterocycles. The summed E-state index contributed by atoms with van der Waals surface area (Å²) in [5, 5.41) is 18.2. The minimum atomic E-state index is -0.887. The van der Waals surface area contributed by atoms with Gasteiger partial charge in [0, 0.05) is 13.5 Å². The van der Waals surface area contributed by atoms with Crippen molar-refractivity contribution in [2.75, 3.05) is 33.0 Å². The van der Waals surface area contributed by atoms with Gasteiger partial charge in [0.2, 0.25) is 0 Å². The number of carbonyl (C=O) groups excluding carboxylic acids is 1. The van der Waals surface area contributed by atoms with Gasteiger partial charge < -0.3 is 19.7 Å². The fourth-order valence-electron chi connectivity index (χ4n) is 0.848. The molecule has 0 aliphatic heterocycles. The Balaban J connectivity index is 4.13. The highest BCUT2D eigenvalue weighted by molar-refractivity contribution is 5.65. The van der Waals surface area contributed by atoms with Crippen LogP contribution in [0.15, 0.2) is 0 Å². The lowest BCUT2D eigenvalue weighted by Crippen LogP contribution is -2.40. The molecule has 0 saturated heterocycles. The molecule has 0 rings (SSSR count).